The van der Waals surface area contributed by atoms with Crippen molar-refractivity contribution in [2.75, 3.05) is 23.8 Å². The number of hydrogen-bond donors (Lipinski definition) is 2. The summed E-state index contributed by atoms with van der Waals surface area (Å²) < 4.78 is 10.6. The number of carbonyl (C=O) groups is 2. The molecule has 0 unspecified atom stereocenters. The second-order valence-electron chi connectivity index (χ2n) is 7.04. The van der Waals surface area contributed by atoms with Gasteiger partial charge in [-0.3, -0.25) is 10.1 Å². The van der Waals surface area contributed by atoms with Crippen molar-refractivity contribution in [3.8, 4) is 0 Å². The number of rotatable bonds is 7. The van der Waals surface area contributed by atoms with Crippen LogP contribution in [0.3, 0.4) is 0 Å². The van der Waals surface area contributed by atoms with Crippen LogP contribution in [0.2, 0.25) is 0 Å². The number of nitrogens with one attached hydrogen (secondary N) is 2. The summed E-state index contributed by atoms with van der Waals surface area (Å²) in [7, 11) is 0. The predicted molar refractivity (Wildman–Crippen MR) is 106 cm³/mol. The van der Waals surface area contributed by atoms with Gasteiger partial charge in [0.05, 0.1) is 6.61 Å². The van der Waals surface area contributed by atoms with Gasteiger partial charge in [-0.25, -0.2) is 4.79 Å². The van der Waals surface area contributed by atoms with Crippen LogP contribution in [0.15, 0.2) is 54.6 Å². The molecule has 6 heteroatoms. The molecule has 0 saturated carbocycles. The number of ether oxygens (including phenoxy) is 2. The maximum Gasteiger partial charge on any atom is 0.412 e. The minimum Gasteiger partial charge on any atom is -0.444 e. The highest BCUT2D eigenvalue weighted by molar-refractivity contribution is 5.92. The van der Waals surface area contributed by atoms with E-state index in [0.717, 1.165) is 6.42 Å². The van der Waals surface area contributed by atoms with E-state index in [9.17, 15) is 9.59 Å². The first kappa shape index (κ1) is 20.5. The highest BCUT2D eigenvalue weighted by Gasteiger charge is 2.16. The SMILES string of the molecule is CC(C)(C)OC(=O)Nc1ccc(NC(=O)COCCc2ccccc2)cc1. The molecule has 0 aromatic heterocycles. The molecule has 0 atom stereocenters. The van der Waals surface area contributed by atoms with Crippen LogP contribution in [-0.2, 0) is 20.7 Å². The van der Waals surface area contributed by atoms with Crippen molar-refractivity contribution in [3.63, 3.8) is 0 Å². The van der Waals surface area contributed by atoms with Crippen LogP contribution in [-0.4, -0.2) is 30.8 Å². The minimum atomic E-state index is -0.557. The Morgan fingerprint density at radius 1 is 0.889 bits per heavy atom. The maximum atomic E-state index is 11.9. The second kappa shape index (κ2) is 9.73. The Bertz CT molecular complexity index is 737. The van der Waals surface area contributed by atoms with E-state index in [-0.39, 0.29) is 12.5 Å². The third kappa shape index (κ3) is 8.37. The van der Waals surface area contributed by atoms with Crippen molar-refractivity contribution < 1.29 is 19.1 Å². The summed E-state index contributed by atoms with van der Waals surface area (Å²) in [6.07, 6.45) is 0.241. The smallest absolute Gasteiger partial charge is 0.412 e. The normalized spacial score (nSPS) is 10.9. The Labute approximate surface area is 159 Å². The molecule has 2 aromatic rings. The van der Waals surface area contributed by atoms with E-state index in [4.69, 9.17) is 9.47 Å². The lowest BCUT2D eigenvalue weighted by molar-refractivity contribution is -0.120. The molecule has 0 saturated heterocycles. The number of anilines is 2. The van der Waals surface area contributed by atoms with Gasteiger partial charge >= 0.3 is 6.09 Å². The molecule has 0 aliphatic carbocycles. The van der Waals surface area contributed by atoms with E-state index in [2.05, 4.69) is 10.6 Å². The molecule has 2 N–H and O–H groups in total. The molecule has 0 aliphatic heterocycles. The lowest BCUT2D eigenvalue weighted by Crippen LogP contribution is -2.27. The summed E-state index contributed by atoms with van der Waals surface area (Å²) >= 11 is 0. The van der Waals surface area contributed by atoms with E-state index in [1.807, 2.05) is 30.3 Å². The fourth-order valence-electron chi connectivity index (χ4n) is 2.25. The van der Waals surface area contributed by atoms with E-state index < -0.39 is 11.7 Å². The monoisotopic (exact) mass is 370 g/mol. The number of hydrogen-bond acceptors (Lipinski definition) is 4. The quantitative estimate of drug-likeness (QED) is 0.715. The zero-order valence-corrected chi connectivity index (χ0v) is 16.0. The van der Waals surface area contributed by atoms with Gasteiger partial charge in [0.1, 0.15) is 12.2 Å². The van der Waals surface area contributed by atoms with Gasteiger partial charge in [-0.2, -0.15) is 0 Å². The molecular weight excluding hydrogens is 344 g/mol. The molecule has 2 rings (SSSR count). The van der Waals surface area contributed by atoms with E-state index in [0.29, 0.717) is 18.0 Å². The number of amides is 2. The Hall–Kier alpha value is -2.86. The van der Waals surface area contributed by atoms with Gasteiger partial charge in [-0.1, -0.05) is 30.3 Å². The van der Waals surface area contributed by atoms with Crippen molar-refractivity contribution in [1.82, 2.24) is 0 Å². The Morgan fingerprint density at radius 2 is 1.48 bits per heavy atom. The van der Waals surface area contributed by atoms with Crippen LogP contribution in [0.4, 0.5) is 16.2 Å². The summed E-state index contributed by atoms with van der Waals surface area (Å²) in [6, 6.07) is 16.8. The lowest BCUT2D eigenvalue weighted by Gasteiger charge is -2.19. The van der Waals surface area contributed by atoms with Gasteiger partial charge < -0.3 is 14.8 Å². The summed E-state index contributed by atoms with van der Waals surface area (Å²) in [5.74, 6) is -0.226. The van der Waals surface area contributed by atoms with Crippen LogP contribution in [0.5, 0.6) is 0 Å². The molecule has 0 fully saturated rings. The summed E-state index contributed by atoms with van der Waals surface area (Å²) in [4.78, 5) is 23.6. The van der Waals surface area contributed by atoms with Crippen molar-refractivity contribution in [3.05, 3.63) is 60.2 Å². The zero-order valence-electron chi connectivity index (χ0n) is 16.0. The average molecular weight is 370 g/mol. The fraction of sp³-hybridized carbons (Fsp3) is 0.333. The molecule has 27 heavy (non-hydrogen) atoms. The first-order valence-electron chi connectivity index (χ1n) is 8.83. The Morgan fingerprint density at radius 3 is 2.07 bits per heavy atom. The molecule has 0 spiro atoms. The lowest BCUT2D eigenvalue weighted by atomic mass is 10.2. The highest BCUT2D eigenvalue weighted by Crippen LogP contribution is 2.15. The second-order valence-corrected chi connectivity index (χ2v) is 7.04. The average Bonchev–Trinajstić information content (AvgIpc) is 2.60. The first-order chi connectivity index (χ1) is 12.8. The molecule has 144 valence electrons. The molecule has 6 nitrogen and oxygen atoms in total. The van der Waals surface area contributed by atoms with Crippen molar-refractivity contribution in [2.24, 2.45) is 0 Å². The molecule has 0 bridgehead atoms. The van der Waals surface area contributed by atoms with Crippen molar-refractivity contribution in [1.29, 1.82) is 0 Å². The van der Waals surface area contributed by atoms with Crippen LogP contribution >= 0.6 is 0 Å². The van der Waals surface area contributed by atoms with Gasteiger partial charge in [0.25, 0.3) is 0 Å². The van der Waals surface area contributed by atoms with Gasteiger partial charge in [-0.05, 0) is 57.0 Å². The molecule has 0 radical (unpaired) electrons. The van der Waals surface area contributed by atoms with Crippen LogP contribution in [0.25, 0.3) is 0 Å². The zero-order chi connectivity index (χ0) is 19.7. The van der Waals surface area contributed by atoms with Gasteiger partial charge in [-0.15, -0.1) is 0 Å². The third-order valence-electron chi connectivity index (χ3n) is 3.42. The Balaban J connectivity index is 1.70. The molecule has 2 aromatic carbocycles. The molecule has 0 aliphatic rings. The van der Waals surface area contributed by atoms with Crippen molar-refractivity contribution >= 4 is 23.4 Å². The molecule has 0 heterocycles. The first-order valence-corrected chi connectivity index (χ1v) is 8.83. The summed E-state index contributed by atoms with van der Waals surface area (Å²) in [6.45, 7) is 5.87. The van der Waals surface area contributed by atoms with Gasteiger partial charge in [0, 0.05) is 11.4 Å². The Kier molecular flexibility index (Phi) is 7.37. The van der Waals surface area contributed by atoms with E-state index >= 15 is 0 Å². The maximum absolute atomic E-state index is 11.9. The third-order valence-corrected chi connectivity index (χ3v) is 3.42. The number of carbonyl (C=O) groups excluding carboxylic acids is 2. The number of benzene rings is 2. The predicted octanol–water partition coefficient (Wildman–Crippen LogP) is 4.23. The molecular formula is C21H26N2O4. The van der Waals surface area contributed by atoms with Gasteiger partial charge in [0.15, 0.2) is 0 Å². The standard InChI is InChI=1S/C21H26N2O4/c1-21(2,3)27-20(25)23-18-11-9-17(10-12-18)22-19(24)15-26-14-13-16-7-5-4-6-8-16/h4-12H,13-15H2,1-3H3,(H,22,24)(H,23,25). The summed E-state index contributed by atoms with van der Waals surface area (Å²) in [5.41, 5.74) is 1.83. The van der Waals surface area contributed by atoms with Crippen LogP contribution in [0, 0.1) is 0 Å². The largest absolute Gasteiger partial charge is 0.444 e. The molecule has 2 amide bonds. The van der Waals surface area contributed by atoms with E-state index in [1.165, 1.54) is 5.56 Å². The topological polar surface area (TPSA) is 76.7 Å². The van der Waals surface area contributed by atoms with Gasteiger partial charge in [0.2, 0.25) is 5.91 Å². The fourth-order valence-corrected chi connectivity index (χ4v) is 2.25. The minimum absolute atomic E-state index is 0.00918. The van der Waals surface area contributed by atoms with E-state index in [1.54, 1.807) is 45.0 Å². The summed E-state index contributed by atoms with van der Waals surface area (Å²) in [5, 5.41) is 5.39. The van der Waals surface area contributed by atoms with Crippen LogP contribution in [0.1, 0.15) is 26.3 Å². The van der Waals surface area contributed by atoms with Crippen molar-refractivity contribution in [2.45, 2.75) is 32.8 Å². The highest BCUT2D eigenvalue weighted by atomic mass is 16.6. The van der Waals surface area contributed by atoms with Crippen LogP contribution < -0.4 is 10.6 Å².